The molecule has 0 aromatic rings. The van der Waals surface area contributed by atoms with Crippen LogP contribution < -0.4 is 58.7 Å². The van der Waals surface area contributed by atoms with Crippen LogP contribution in [0.3, 0.4) is 0 Å². The Bertz CT molecular complexity index is 324. The Morgan fingerprint density at radius 1 is 0.864 bits per heavy atom. The summed E-state index contributed by atoms with van der Waals surface area (Å²) in [6, 6.07) is 0. The lowest BCUT2D eigenvalue weighted by Gasteiger charge is -2.27. The van der Waals surface area contributed by atoms with Crippen molar-refractivity contribution in [2.45, 2.75) is 12.1 Å². The minimum absolute atomic E-state index is 0.296. The Balaban J connectivity index is 5.50. The molecule has 18 heteroatoms. The second kappa shape index (κ2) is 7.90. The topological polar surface area (TPSA) is 299 Å². The molecule has 0 spiro atoms. The van der Waals surface area contributed by atoms with Gasteiger partial charge < -0.3 is 5.73 Å². The first kappa shape index (κ1) is 22.3. The van der Waals surface area contributed by atoms with Crippen LogP contribution in [0.5, 0.6) is 0 Å². The van der Waals surface area contributed by atoms with E-state index in [2.05, 4.69) is 12.9 Å². The number of nitrogens with one attached hydrogen (secondary N) is 1. The summed E-state index contributed by atoms with van der Waals surface area (Å²) >= 11 is 0. The van der Waals surface area contributed by atoms with E-state index in [9.17, 15) is 41.9 Å². The molecule has 0 aromatic carbocycles. The van der Waals surface area contributed by atoms with Crippen molar-refractivity contribution in [3.05, 3.63) is 0 Å². The van der Waals surface area contributed by atoms with E-state index in [0.29, 0.717) is 0 Å². The average Bonchev–Trinajstić information content (AvgIpc) is 2.16. The van der Waals surface area contributed by atoms with Gasteiger partial charge >= 0.3 is 12.1 Å². The van der Waals surface area contributed by atoms with Crippen LogP contribution in [0.15, 0.2) is 0 Å². The maximum absolute atomic E-state index is 10.5. The Morgan fingerprint density at radius 2 is 1.27 bits per heavy atom. The van der Waals surface area contributed by atoms with Crippen LogP contribution in [0.4, 0.5) is 0 Å². The van der Waals surface area contributed by atoms with Crippen LogP contribution in [0.2, 0.25) is 0 Å². The Kier molecular flexibility index (Phi) is 7.99. The summed E-state index contributed by atoms with van der Waals surface area (Å²) < 4.78 is 105. The third-order valence-corrected chi connectivity index (χ3v) is 2.72. The highest BCUT2D eigenvalue weighted by Crippen LogP contribution is 2.21. The van der Waals surface area contributed by atoms with Crippen LogP contribution >= 0.6 is 0 Å². The lowest BCUT2D eigenvalue weighted by atomic mass is 10.4. The molecular weight excluding hydrogens is 388 g/mol. The maximum atomic E-state index is 10.5. The second-order valence-corrected chi connectivity index (χ2v) is 5.98. The van der Waals surface area contributed by atoms with Gasteiger partial charge in [-0.25, -0.2) is 5.73 Å². The second-order valence-electron chi connectivity index (χ2n) is 3.22. The molecule has 15 nitrogen and oxygen atoms in total. The van der Waals surface area contributed by atoms with E-state index in [4.69, 9.17) is 11.5 Å². The molecular formula is C4H10Cl3N3O12. The number of rotatable bonds is 10. The summed E-state index contributed by atoms with van der Waals surface area (Å²) in [5, 5.41) is 1.79. The Labute approximate surface area is 128 Å². The molecule has 0 fully saturated rings. The molecule has 0 aliphatic rings. The molecule has 0 bridgehead atoms. The zero-order valence-electron chi connectivity index (χ0n) is 10.2. The molecule has 0 heterocycles. The SMILES string of the molecule is NCCNC(O[Cl+3]([O-])([O-])[O-])C(N)(O[Cl+3]([O-])([O-])[O-])O[Cl+3]([O-])([O-])[O-]. The fourth-order valence-corrected chi connectivity index (χ4v) is 2.20. The van der Waals surface area contributed by atoms with Gasteiger partial charge in [0.2, 0.25) is 0 Å². The van der Waals surface area contributed by atoms with Gasteiger partial charge in [0.15, 0.2) is 0 Å². The normalized spacial score (nSPS) is 16.0. The molecule has 0 rings (SSSR count). The van der Waals surface area contributed by atoms with Crippen molar-refractivity contribution >= 4 is 0 Å². The molecule has 0 saturated carbocycles. The van der Waals surface area contributed by atoms with Gasteiger partial charge in [0.05, 0.1) is 35.0 Å². The molecule has 1 atom stereocenters. The first-order valence-corrected chi connectivity index (χ1v) is 8.33. The summed E-state index contributed by atoms with van der Waals surface area (Å²) in [5.74, 6) is -3.86. The highest BCUT2D eigenvalue weighted by Gasteiger charge is 2.69. The minimum Gasteiger partial charge on any atom is -0.329 e. The average molecular weight is 398 g/mol. The molecule has 22 heavy (non-hydrogen) atoms. The van der Waals surface area contributed by atoms with Gasteiger partial charge in [-0.2, -0.15) is 41.9 Å². The van der Waals surface area contributed by atoms with Gasteiger partial charge in [-0.3, -0.25) is 5.32 Å². The van der Waals surface area contributed by atoms with Crippen molar-refractivity contribution in [2.75, 3.05) is 13.1 Å². The quantitative estimate of drug-likeness (QED) is 0.287. The smallest absolute Gasteiger partial charge is 0.329 e. The van der Waals surface area contributed by atoms with E-state index in [1.54, 1.807) is 5.32 Å². The van der Waals surface area contributed by atoms with Crippen molar-refractivity contribution in [1.29, 1.82) is 0 Å². The largest absolute Gasteiger partial charge is 0.576 e. The van der Waals surface area contributed by atoms with Crippen molar-refractivity contribution in [2.24, 2.45) is 11.5 Å². The third-order valence-electron chi connectivity index (χ3n) is 1.47. The van der Waals surface area contributed by atoms with Gasteiger partial charge in [-0.15, -0.1) is 0 Å². The van der Waals surface area contributed by atoms with Crippen LogP contribution in [-0.4, -0.2) is 25.2 Å². The first-order valence-electron chi connectivity index (χ1n) is 4.62. The molecule has 134 valence electrons. The molecule has 0 aliphatic carbocycles. The third kappa shape index (κ3) is 10.1. The van der Waals surface area contributed by atoms with E-state index in [1.807, 2.05) is 0 Å². The Hall–Kier alpha value is 0.270. The molecule has 0 amide bonds. The van der Waals surface area contributed by atoms with E-state index in [1.165, 1.54) is 0 Å². The first-order chi connectivity index (χ1) is 9.58. The lowest BCUT2D eigenvalue weighted by molar-refractivity contribution is -1.94. The minimum atomic E-state index is -5.54. The molecule has 1 unspecified atom stereocenters. The van der Waals surface area contributed by atoms with E-state index in [-0.39, 0.29) is 6.54 Å². The van der Waals surface area contributed by atoms with E-state index >= 15 is 0 Å². The molecule has 5 N–H and O–H groups in total. The summed E-state index contributed by atoms with van der Waals surface area (Å²) in [7, 11) is -16.4. The molecule has 0 saturated heterocycles. The van der Waals surface area contributed by atoms with Gasteiger partial charge in [-0.1, -0.05) is 0 Å². The number of halogens is 3. The summed E-state index contributed by atoms with van der Waals surface area (Å²) in [4.78, 5) is 0. The fourth-order valence-electron chi connectivity index (χ4n) is 0.948. The van der Waals surface area contributed by atoms with Gasteiger partial charge in [0.1, 0.15) is 8.58 Å². The molecule has 0 aliphatic heterocycles. The lowest BCUT2D eigenvalue weighted by Crippen LogP contribution is -2.78. The van der Waals surface area contributed by atoms with Gasteiger partial charge in [0, 0.05) is 13.1 Å². The van der Waals surface area contributed by atoms with Crippen LogP contribution in [-0.2, 0) is 12.9 Å². The number of hydrogen-bond donors (Lipinski definition) is 3. The van der Waals surface area contributed by atoms with Crippen molar-refractivity contribution in [3.63, 3.8) is 0 Å². The monoisotopic (exact) mass is 397 g/mol. The standard InChI is InChI=1S/C4H10Cl3N3O12/c8-1-2-10-3(20-5(11,12)13)4(9,21-6(14,15)16)22-7(17,18)19/h3,10H,1-2,8-9H2. The van der Waals surface area contributed by atoms with Crippen LogP contribution in [0.1, 0.15) is 0 Å². The summed E-state index contributed by atoms with van der Waals surface area (Å²) in [6.45, 7) is -0.762. The van der Waals surface area contributed by atoms with Crippen LogP contribution in [0, 0.1) is 30.7 Å². The van der Waals surface area contributed by atoms with Crippen molar-refractivity contribution in [3.8, 4) is 0 Å². The number of nitrogens with two attached hydrogens (primary N) is 2. The Morgan fingerprint density at radius 3 is 1.55 bits per heavy atom. The van der Waals surface area contributed by atoms with Gasteiger partial charge in [-0.05, 0) is 0 Å². The summed E-state index contributed by atoms with van der Waals surface area (Å²) in [6.07, 6.45) is -2.74. The van der Waals surface area contributed by atoms with Crippen molar-refractivity contribution in [1.82, 2.24) is 5.32 Å². The zero-order chi connectivity index (χ0) is 17.8. The van der Waals surface area contributed by atoms with Gasteiger partial charge in [0.25, 0.3) is 0 Å². The maximum Gasteiger partial charge on any atom is 0.576 e. The highest BCUT2D eigenvalue weighted by molar-refractivity contribution is 4.68. The molecule has 0 aromatic heterocycles. The predicted molar refractivity (Wildman–Crippen MR) is 31.0 cm³/mol. The van der Waals surface area contributed by atoms with E-state index < -0.39 is 49.4 Å². The molecule has 0 radical (unpaired) electrons. The fraction of sp³-hybridized carbons (Fsp3) is 1.00. The van der Waals surface area contributed by atoms with Crippen molar-refractivity contribution < 1.29 is 85.5 Å². The van der Waals surface area contributed by atoms with E-state index in [0.717, 1.165) is 0 Å². The highest BCUT2D eigenvalue weighted by atomic mass is 35.7. The number of hydrogen-bond acceptors (Lipinski definition) is 15. The zero-order valence-corrected chi connectivity index (χ0v) is 12.4. The predicted octanol–water partition coefficient (Wildman–Crippen LogP) is -12.8. The van der Waals surface area contributed by atoms with Crippen LogP contribution in [0.25, 0.3) is 0 Å². The summed E-state index contributed by atoms with van der Waals surface area (Å²) in [5.41, 5.74) is 9.91.